The van der Waals surface area contributed by atoms with Gasteiger partial charge in [0.15, 0.2) is 22.7 Å². The number of hydrogen-bond acceptors (Lipinski definition) is 6. The lowest BCUT2D eigenvalue weighted by atomic mass is 10.1. The van der Waals surface area contributed by atoms with Crippen LogP contribution in [-0.4, -0.2) is 41.2 Å². The van der Waals surface area contributed by atoms with Crippen molar-refractivity contribution in [2.75, 3.05) is 12.0 Å². The molecule has 1 saturated heterocycles. The number of halogens is 1. The largest absolute Gasteiger partial charge is 0.493 e. The maximum Gasteiger partial charge on any atom is 0.344 e. The van der Waals surface area contributed by atoms with Gasteiger partial charge in [0.25, 0.3) is 11.8 Å². The topological polar surface area (TPSA) is 105 Å². The van der Waals surface area contributed by atoms with Gasteiger partial charge in [-0.3, -0.25) is 14.9 Å². The lowest BCUT2D eigenvalue weighted by Gasteiger charge is -2.29. The van der Waals surface area contributed by atoms with E-state index in [0.29, 0.717) is 0 Å². The summed E-state index contributed by atoms with van der Waals surface area (Å²) in [6.07, 6.45) is -0.0217. The van der Waals surface area contributed by atoms with Crippen LogP contribution in [0.25, 0.3) is 6.08 Å². The minimum atomic E-state index is -1.23. The molecule has 0 bridgehead atoms. The number of carboxylic acid groups (broad SMARTS) is 1. The van der Waals surface area contributed by atoms with E-state index in [9.17, 15) is 18.8 Å². The fraction of sp³-hybridized carbons (Fsp3) is 0.143. The number of benzene rings is 2. The van der Waals surface area contributed by atoms with Gasteiger partial charge in [-0.05, 0) is 43.4 Å². The molecule has 3 rings (SSSR count). The summed E-state index contributed by atoms with van der Waals surface area (Å²) in [6, 6.07) is 10.1. The van der Waals surface area contributed by atoms with E-state index in [2.05, 4.69) is 5.32 Å². The van der Waals surface area contributed by atoms with Crippen LogP contribution in [0.5, 0.6) is 11.5 Å². The van der Waals surface area contributed by atoms with Gasteiger partial charge in [0.05, 0.1) is 12.8 Å². The number of aliphatic carboxylic acids is 1. The Bertz CT molecular complexity index is 1120. The first-order valence-corrected chi connectivity index (χ1v) is 9.38. The fourth-order valence-corrected chi connectivity index (χ4v) is 3.10. The molecule has 1 heterocycles. The normalized spacial score (nSPS) is 16.2. The number of anilines is 1. The van der Waals surface area contributed by atoms with Crippen LogP contribution in [-0.2, 0) is 14.4 Å². The molecule has 2 aromatic rings. The number of para-hydroxylation sites is 2. The Kier molecular flexibility index (Phi) is 6.30. The molecule has 160 valence electrons. The van der Waals surface area contributed by atoms with Crippen LogP contribution >= 0.6 is 12.2 Å². The fourth-order valence-electron chi connectivity index (χ4n) is 2.83. The van der Waals surface area contributed by atoms with Gasteiger partial charge in [-0.15, -0.1) is 0 Å². The van der Waals surface area contributed by atoms with E-state index < -0.39 is 29.7 Å². The number of nitrogens with zero attached hydrogens (tertiary/aromatic N) is 1. The van der Waals surface area contributed by atoms with E-state index in [1.165, 1.54) is 50.4 Å². The second-order valence-corrected chi connectivity index (χ2v) is 6.77. The third-order valence-corrected chi connectivity index (χ3v) is 4.65. The molecule has 0 saturated carbocycles. The van der Waals surface area contributed by atoms with Crippen molar-refractivity contribution in [3.8, 4) is 11.5 Å². The molecule has 1 aliphatic rings. The van der Waals surface area contributed by atoms with Crippen LogP contribution in [0.2, 0.25) is 0 Å². The van der Waals surface area contributed by atoms with Crippen molar-refractivity contribution < 1.29 is 33.4 Å². The predicted octanol–water partition coefficient (Wildman–Crippen LogP) is 2.52. The lowest BCUT2D eigenvalue weighted by Crippen LogP contribution is -2.54. The van der Waals surface area contributed by atoms with Gasteiger partial charge in [-0.2, -0.15) is 0 Å². The Labute approximate surface area is 181 Å². The first-order chi connectivity index (χ1) is 14.7. The van der Waals surface area contributed by atoms with E-state index in [0.717, 1.165) is 11.0 Å². The summed E-state index contributed by atoms with van der Waals surface area (Å²) in [4.78, 5) is 37.7. The van der Waals surface area contributed by atoms with Gasteiger partial charge in [-0.1, -0.05) is 24.3 Å². The zero-order chi connectivity index (χ0) is 22.7. The maximum absolute atomic E-state index is 14.3. The molecular weight excluding hydrogens is 427 g/mol. The number of carbonyl (C=O) groups is 3. The van der Waals surface area contributed by atoms with Crippen LogP contribution < -0.4 is 19.7 Å². The van der Waals surface area contributed by atoms with E-state index in [1.54, 1.807) is 6.07 Å². The molecule has 0 aromatic heterocycles. The van der Waals surface area contributed by atoms with E-state index in [4.69, 9.17) is 26.8 Å². The molecule has 10 heteroatoms. The molecule has 0 spiro atoms. The average Bonchev–Trinajstić information content (AvgIpc) is 2.73. The summed E-state index contributed by atoms with van der Waals surface area (Å²) in [6.45, 7) is 1.32. The molecule has 0 unspecified atom stereocenters. The zero-order valence-electron chi connectivity index (χ0n) is 16.4. The number of methoxy groups -OCH3 is 1. The third kappa shape index (κ3) is 4.38. The number of rotatable bonds is 6. The molecule has 2 N–H and O–H groups in total. The summed E-state index contributed by atoms with van der Waals surface area (Å²) in [5.74, 6) is -3.32. The Hall–Kier alpha value is -3.79. The van der Waals surface area contributed by atoms with Gasteiger partial charge in [0, 0.05) is 5.56 Å². The van der Waals surface area contributed by atoms with Crippen LogP contribution in [0.3, 0.4) is 0 Å². The monoisotopic (exact) mass is 444 g/mol. The van der Waals surface area contributed by atoms with Crippen molar-refractivity contribution in [3.63, 3.8) is 0 Å². The second-order valence-electron chi connectivity index (χ2n) is 6.39. The quantitative estimate of drug-likeness (QED) is 0.401. The summed E-state index contributed by atoms with van der Waals surface area (Å²) >= 11 is 5.06. The predicted molar refractivity (Wildman–Crippen MR) is 113 cm³/mol. The number of nitrogens with one attached hydrogen (secondary N) is 1. The van der Waals surface area contributed by atoms with E-state index in [1.807, 2.05) is 0 Å². The number of carbonyl (C=O) groups excluding carboxylic acids is 2. The second kappa shape index (κ2) is 8.92. The Morgan fingerprint density at radius 3 is 2.58 bits per heavy atom. The highest BCUT2D eigenvalue weighted by Gasteiger charge is 2.36. The van der Waals surface area contributed by atoms with Gasteiger partial charge < -0.3 is 14.6 Å². The van der Waals surface area contributed by atoms with Crippen LogP contribution in [0.1, 0.15) is 12.5 Å². The Morgan fingerprint density at radius 2 is 1.94 bits per heavy atom. The van der Waals surface area contributed by atoms with Crippen molar-refractivity contribution in [3.05, 3.63) is 59.4 Å². The number of thiocarbonyl (C=S) groups is 1. The summed E-state index contributed by atoms with van der Waals surface area (Å²) in [5.41, 5.74) is -0.254. The number of hydrogen-bond donors (Lipinski definition) is 2. The highest BCUT2D eigenvalue weighted by Crippen LogP contribution is 2.34. The molecule has 2 amide bonds. The number of ether oxygens (including phenoxy) is 2. The molecule has 0 radical (unpaired) electrons. The van der Waals surface area contributed by atoms with Crippen molar-refractivity contribution >= 4 is 46.9 Å². The van der Waals surface area contributed by atoms with Crippen LogP contribution in [0.4, 0.5) is 10.1 Å². The molecule has 0 aliphatic carbocycles. The van der Waals surface area contributed by atoms with Crippen molar-refractivity contribution in [2.45, 2.75) is 13.0 Å². The maximum atomic E-state index is 14.3. The highest BCUT2D eigenvalue weighted by molar-refractivity contribution is 7.80. The van der Waals surface area contributed by atoms with Crippen molar-refractivity contribution in [1.82, 2.24) is 5.32 Å². The molecule has 1 fully saturated rings. The lowest BCUT2D eigenvalue weighted by molar-refractivity contribution is -0.144. The van der Waals surface area contributed by atoms with Gasteiger partial charge in [0.2, 0.25) is 0 Å². The number of amides is 2. The smallest absolute Gasteiger partial charge is 0.344 e. The summed E-state index contributed by atoms with van der Waals surface area (Å²) in [7, 11) is 1.36. The minimum Gasteiger partial charge on any atom is -0.493 e. The number of carboxylic acids is 1. The molecular formula is C21H17FN2O6S. The highest BCUT2D eigenvalue weighted by atomic mass is 32.1. The SMILES string of the molecule is COc1cccc(/C=C2\C(=O)NC(=S)N(c3ccccc3F)C2=O)c1O[C@H](C)C(=O)O. The summed E-state index contributed by atoms with van der Waals surface area (Å²) < 4.78 is 25.0. The standard InChI is InChI=1S/C21H17FN2O6S/c1-11(20(27)28)30-17-12(6-5-9-16(17)29-2)10-13-18(25)23-21(31)24(19(13)26)15-8-4-3-7-14(15)22/h3-11H,1-2H3,(H,27,28)(H,23,25,31)/b13-10+/t11-/m1/s1. The average molecular weight is 444 g/mol. The zero-order valence-corrected chi connectivity index (χ0v) is 17.2. The first kappa shape index (κ1) is 21.9. The third-order valence-electron chi connectivity index (χ3n) is 4.37. The Balaban J connectivity index is 2.09. The van der Waals surface area contributed by atoms with Crippen LogP contribution in [0, 0.1) is 5.82 Å². The van der Waals surface area contributed by atoms with Gasteiger partial charge in [-0.25, -0.2) is 14.1 Å². The Morgan fingerprint density at radius 1 is 1.23 bits per heavy atom. The first-order valence-electron chi connectivity index (χ1n) is 8.97. The molecule has 8 nitrogen and oxygen atoms in total. The molecule has 1 aliphatic heterocycles. The minimum absolute atomic E-state index is 0.0265. The van der Waals surface area contributed by atoms with Gasteiger partial charge >= 0.3 is 5.97 Å². The molecule has 1 atom stereocenters. The summed E-state index contributed by atoms with van der Waals surface area (Å²) in [5, 5.41) is 11.3. The molecule has 31 heavy (non-hydrogen) atoms. The van der Waals surface area contributed by atoms with Crippen molar-refractivity contribution in [1.29, 1.82) is 0 Å². The molecule has 2 aromatic carbocycles. The van der Waals surface area contributed by atoms with Crippen LogP contribution in [0.15, 0.2) is 48.0 Å². The van der Waals surface area contributed by atoms with Gasteiger partial charge in [0.1, 0.15) is 11.4 Å². The van der Waals surface area contributed by atoms with E-state index in [-0.39, 0.29) is 33.4 Å². The van der Waals surface area contributed by atoms with E-state index >= 15 is 0 Å². The van der Waals surface area contributed by atoms with Crippen molar-refractivity contribution in [2.24, 2.45) is 0 Å².